The molecule has 4 aromatic rings. The molecule has 1 nitrogen and oxygen atoms in total. The van der Waals surface area contributed by atoms with E-state index in [1.54, 1.807) is 0 Å². The Hall–Kier alpha value is -2.36. The van der Waals surface area contributed by atoms with Crippen LogP contribution in [0.25, 0.3) is 0 Å². The first-order valence-corrected chi connectivity index (χ1v) is 16.7. The maximum Gasteiger partial charge on any atom is 0.0742 e. The highest BCUT2D eigenvalue weighted by atomic mass is 79.9. The largest absolute Gasteiger partial charge is 0.341 e. The molecule has 0 N–H and O–H groups in total. The van der Waals surface area contributed by atoms with E-state index >= 15 is 0 Å². The van der Waals surface area contributed by atoms with Gasteiger partial charge in [0.05, 0.1) is 5.41 Å². The van der Waals surface area contributed by atoms with E-state index in [-0.39, 0.29) is 0 Å². The predicted molar refractivity (Wildman–Crippen MR) is 179 cm³/mol. The standard InChI is InChI=1S/C37H41Br2N/c1-4-7-10-27-12-16-29(17-13-27)37(30-18-14-28(15-19-30)11-8-5-2)33-22-20-31(38)25-35(33)40(24-9-6-3)36-26-32(39)21-23-34(36)37/h12-23,25-26H,4-11,24H2,1-3H3. The second-order valence-electron chi connectivity index (χ2n) is 11.2. The van der Waals surface area contributed by atoms with Gasteiger partial charge in [0.2, 0.25) is 0 Å². The normalized spacial score (nSPS) is 13.7. The maximum absolute atomic E-state index is 3.82. The Bertz CT molecular complexity index is 1310. The number of unbranched alkanes of at least 4 members (excludes halogenated alkanes) is 3. The molecule has 0 amide bonds. The van der Waals surface area contributed by atoms with Crippen LogP contribution in [0.3, 0.4) is 0 Å². The zero-order chi connectivity index (χ0) is 28.1. The molecule has 0 bridgehead atoms. The van der Waals surface area contributed by atoms with Crippen LogP contribution in [0.2, 0.25) is 0 Å². The van der Waals surface area contributed by atoms with E-state index in [9.17, 15) is 0 Å². The van der Waals surface area contributed by atoms with Crippen LogP contribution < -0.4 is 4.90 Å². The molecule has 5 rings (SSSR count). The van der Waals surface area contributed by atoms with Gasteiger partial charge in [-0.05, 0) is 89.8 Å². The quantitative estimate of drug-likeness (QED) is 0.155. The first-order valence-electron chi connectivity index (χ1n) is 15.1. The summed E-state index contributed by atoms with van der Waals surface area (Å²) >= 11 is 7.64. The van der Waals surface area contributed by atoms with Crippen molar-refractivity contribution in [2.45, 2.75) is 77.6 Å². The molecule has 1 aliphatic rings. The summed E-state index contributed by atoms with van der Waals surface area (Å²) in [6.07, 6.45) is 9.45. The van der Waals surface area contributed by atoms with E-state index in [2.05, 4.69) is 142 Å². The number of halogens is 2. The zero-order valence-corrected chi connectivity index (χ0v) is 27.3. The van der Waals surface area contributed by atoms with Gasteiger partial charge in [-0.15, -0.1) is 0 Å². The average Bonchev–Trinajstić information content (AvgIpc) is 2.98. The van der Waals surface area contributed by atoms with E-state index in [1.165, 1.54) is 70.4 Å². The van der Waals surface area contributed by atoms with Gasteiger partial charge in [-0.1, -0.05) is 133 Å². The van der Waals surface area contributed by atoms with Gasteiger partial charge in [0.25, 0.3) is 0 Å². The van der Waals surface area contributed by atoms with Gasteiger partial charge in [0, 0.05) is 26.9 Å². The smallest absolute Gasteiger partial charge is 0.0742 e. The number of rotatable bonds is 11. The monoisotopic (exact) mass is 657 g/mol. The molecule has 0 unspecified atom stereocenters. The predicted octanol–water partition coefficient (Wildman–Crippen LogP) is 11.5. The van der Waals surface area contributed by atoms with Gasteiger partial charge in [0.15, 0.2) is 0 Å². The highest BCUT2D eigenvalue weighted by Crippen LogP contribution is 2.56. The molecule has 4 aromatic carbocycles. The van der Waals surface area contributed by atoms with Crippen LogP contribution >= 0.6 is 31.9 Å². The first-order chi connectivity index (χ1) is 19.5. The Morgan fingerprint density at radius 2 is 0.975 bits per heavy atom. The first kappa shape index (κ1) is 29.1. The third kappa shape index (κ3) is 5.57. The second-order valence-corrected chi connectivity index (χ2v) is 13.0. The number of benzene rings is 4. The summed E-state index contributed by atoms with van der Waals surface area (Å²) in [5.74, 6) is 0. The minimum atomic E-state index is -0.415. The molecule has 208 valence electrons. The minimum absolute atomic E-state index is 0.415. The van der Waals surface area contributed by atoms with Crippen molar-refractivity contribution in [2.75, 3.05) is 11.4 Å². The number of anilines is 2. The third-order valence-electron chi connectivity index (χ3n) is 8.46. The third-order valence-corrected chi connectivity index (χ3v) is 9.44. The molecular weight excluding hydrogens is 618 g/mol. The molecule has 0 saturated carbocycles. The number of aryl methyl sites for hydroxylation is 2. The van der Waals surface area contributed by atoms with Gasteiger partial charge in [0.1, 0.15) is 0 Å². The summed E-state index contributed by atoms with van der Waals surface area (Å²) in [5.41, 5.74) is 10.4. The number of hydrogen-bond acceptors (Lipinski definition) is 1. The summed E-state index contributed by atoms with van der Waals surface area (Å²) in [6, 6.07) is 32.9. The van der Waals surface area contributed by atoms with E-state index in [0.29, 0.717) is 0 Å². The molecular formula is C37H41Br2N. The van der Waals surface area contributed by atoms with Gasteiger partial charge >= 0.3 is 0 Å². The van der Waals surface area contributed by atoms with Crippen LogP contribution in [0.15, 0.2) is 93.9 Å². The maximum atomic E-state index is 3.82. The molecule has 0 spiro atoms. The lowest BCUT2D eigenvalue weighted by Crippen LogP contribution is -2.39. The number of hydrogen-bond donors (Lipinski definition) is 0. The Labute approximate surface area is 258 Å². The lowest BCUT2D eigenvalue weighted by atomic mass is 9.62. The summed E-state index contributed by atoms with van der Waals surface area (Å²) < 4.78 is 2.23. The van der Waals surface area contributed by atoms with Crippen LogP contribution in [-0.4, -0.2) is 6.54 Å². The van der Waals surface area contributed by atoms with Gasteiger partial charge in [-0.2, -0.15) is 0 Å². The fourth-order valence-corrected chi connectivity index (χ4v) is 7.01. The molecule has 0 saturated heterocycles. The molecule has 40 heavy (non-hydrogen) atoms. The Balaban J connectivity index is 1.81. The number of nitrogens with zero attached hydrogens (tertiary/aromatic N) is 1. The zero-order valence-electron chi connectivity index (χ0n) is 24.2. The van der Waals surface area contributed by atoms with Gasteiger partial charge < -0.3 is 4.90 Å². The highest BCUT2D eigenvalue weighted by Gasteiger charge is 2.46. The van der Waals surface area contributed by atoms with E-state index in [4.69, 9.17) is 0 Å². The highest BCUT2D eigenvalue weighted by molar-refractivity contribution is 9.10. The Morgan fingerprint density at radius 1 is 0.550 bits per heavy atom. The van der Waals surface area contributed by atoms with Crippen molar-refractivity contribution in [1.82, 2.24) is 0 Å². The Morgan fingerprint density at radius 3 is 1.38 bits per heavy atom. The van der Waals surface area contributed by atoms with Gasteiger partial charge in [-0.3, -0.25) is 0 Å². The molecule has 3 heteroatoms. The van der Waals surface area contributed by atoms with Crippen molar-refractivity contribution in [3.63, 3.8) is 0 Å². The van der Waals surface area contributed by atoms with Crippen molar-refractivity contribution in [1.29, 1.82) is 0 Å². The molecule has 1 aliphatic heterocycles. The lowest BCUT2D eigenvalue weighted by molar-refractivity contribution is 0.698. The molecule has 0 atom stereocenters. The van der Waals surface area contributed by atoms with Crippen molar-refractivity contribution in [2.24, 2.45) is 0 Å². The Kier molecular flexibility index (Phi) is 9.53. The SMILES string of the molecule is CCCCc1ccc(C2(c3ccc(CCCC)cc3)c3ccc(Br)cc3N(CCCC)c3cc(Br)ccc32)cc1. The van der Waals surface area contributed by atoms with E-state index < -0.39 is 5.41 Å². The van der Waals surface area contributed by atoms with Gasteiger partial charge in [-0.25, -0.2) is 0 Å². The summed E-state index contributed by atoms with van der Waals surface area (Å²) in [4.78, 5) is 2.55. The van der Waals surface area contributed by atoms with Crippen molar-refractivity contribution in [3.8, 4) is 0 Å². The average molecular weight is 660 g/mol. The fourth-order valence-electron chi connectivity index (χ4n) is 6.32. The summed E-state index contributed by atoms with van der Waals surface area (Å²) in [5, 5.41) is 0. The van der Waals surface area contributed by atoms with Crippen LogP contribution in [0.1, 0.15) is 92.7 Å². The molecule has 0 aromatic heterocycles. The van der Waals surface area contributed by atoms with Crippen molar-refractivity contribution < 1.29 is 0 Å². The topological polar surface area (TPSA) is 3.24 Å². The summed E-state index contributed by atoms with van der Waals surface area (Å²) in [6.45, 7) is 7.80. The lowest BCUT2D eigenvalue weighted by Gasteiger charge is -2.47. The van der Waals surface area contributed by atoms with Crippen molar-refractivity contribution in [3.05, 3.63) is 127 Å². The second kappa shape index (κ2) is 13.1. The van der Waals surface area contributed by atoms with E-state index in [0.717, 1.165) is 41.2 Å². The molecule has 0 fully saturated rings. The molecule has 1 heterocycles. The fraction of sp³-hybridized carbons (Fsp3) is 0.351. The van der Waals surface area contributed by atoms with Crippen LogP contribution in [0.4, 0.5) is 11.4 Å². The van der Waals surface area contributed by atoms with Crippen LogP contribution in [0, 0.1) is 0 Å². The van der Waals surface area contributed by atoms with E-state index in [1.807, 2.05) is 0 Å². The summed E-state index contributed by atoms with van der Waals surface area (Å²) in [7, 11) is 0. The minimum Gasteiger partial charge on any atom is -0.341 e. The number of fused-ring (bicyclic) bond motifs is 2. The van der Waals surface area contributed by atoms with Crippen LogP contribution in [0.5, 0.6) is 0 Å². The molecule has 0 aliphatic carbocycles. The van der Waals surface area contributed by atoms with Crippen molar-refractivity contribution >= 4 is 43.2 Å². The molecule has 0 radical (unpaired) electrons. The van der Waals surface area contributed by atoms with Crippen LogP contribution in [-0.2, 0) is 18.3 Å².